The van der Waals surface area contributed by atoms with Crippen molar-refractivity contribution in [1.82, 2.24) is 24.7 Å². The summed E-state index contributed by atoms with van der Waals surface area (Å²) in [6.07, 6.45) is 4.08. The molecule has 176 valence electrons. The number of thiazole rings is 1. The number of ether oxygens (including phenoxy) is 1. The summed E-state index contributed by atoms with van der Waals surface area (Å²) < 4.78 is 46.3. The second-order valence-corrected chi connectivity index (χ2v) is 9.09. The van der Waals surface area contributed by atoms with E-state index < -0.39 is 11.9 Å². The van der Waals surface area contributed by atoms with E-state index in [1.165, 1.54) is 11.3 Å². The second kappa shape index (κ2) is 9.15. The van der Waals surface area contributed by atoms with Crippen LogP contribution in [0.15, 0.2) is 49.1 Å². The molecular formula is C23H21F3N6OS. The molecular weight excluding hydrogens is 465 g/mol. The zero-order valence-corrected chi connectivity index (χ0v) is 19.0. The molecule has 0 bridgehead atoms. The number of rotatable bonds is 5. The van der Waals surface area contributed by atoms with E-state index in [0.717, 1.165) is 64.9 Å². The highest BCUT2D eigenvalue weighted by Crippen LogP contribution is 2.35. The Hall–Kier alpha value is -3.31. The third-order valence-corrected chi connectivity index (χ3v) is 6.58. The number of hydrogen-bond acceptors (Lipinski definition) is 7. The van der Waals surface area contributed by atoms with E-state index >= 15 is 0 Å². The molecule has 1 N–H and O–H groups in total. The fourth-order valence-electron chi connectivity index (χ4n) is 3.84. The molecule has 0 spiro atoms. The van der Waals surface area contributed by atoms with E-state index in [1.807, 2.05) is 42.2 Å². The summed E-state index contributed by atoms with van der Waals surface area (Å²) in [7, 11) is 0. The van der Waals surface area contributed by atoms with Crippen molar-refractivity contribution < 1.29 is 17.9 Å². The summed E-state index contributed by atoms with van der Waals surface area (Å²) in [6, 6.07) is 6.86. The first kappa shape index (κ1) is 22.5. The molecule has 5 rings (SSSR count). The lowest BCUT2D eigenvalue weighted by Gasteiger charge is -2.22. The van der Waals surface area contributed by atoms with E-state index in [2.05, 4.69) is 25.4 Å². The number of halogens is 3. The van der Waals surface area contributed by atoms with Gasteiger partial charge in [0.15, 0.2) is 0 Å². The summed E-state index contributed by atoms with van der Waals surface area (Å²) in [5.74, 6) is -0.114. The normalized spacial score (nSPS) is 14.9. The molecule has 7 nitrogen and oxygen atoms in total. The lowest BCUT2D eigenvalue weighted by atomic mass is 10.1. The predicted molar refractivity (Wildman–Crippen MR) is 123 cm³/mol. The minimum absolute atomic E-state index is 0.114. The van der Waals surface area contributed by atoms with Crippen LogP contribution in [0.3, 0.4) is 0 Å². The fraction of sp³-hybridized carbons (Fsp3) is 0.304. The summed E-state index contributed by atoms with van der Waals surface area (Å²) in [6.45, 7) is 3.41. The molecule has 4 aromatic rings. The average Bonchev–Trinajstić information content (AvgIpc) is 3.49. The molecule has 34 heavy (non-hydrogen) atoms. The first-order valence-corrected chi connectivity index (χ1v) is 11.5. The topological polar surface area (TPSA) is 77.8 Å². The molecule has 11 heteroatoms. The fourth-order valence-corrected chi connectivity index (χ4v) is 4.72. The second-order valence-electron chi connectivity index (χ2n) is 8.06. The highest BCUT2D eigenvalue weighted by Gasteiger charge is 2.32. The molecule has 1 aliphatic rings. The summed E-state index contributed by atoms with van der Waals surface area (Å²) in [5.41, 5.74) is 2.39. The Balaban J connectivity index is 1.37. The molecule has 1 aromatic carbocycles. The molecule has 0 amide bonds. The van der Waals surface area contributed by atoms with Crippen LogP contribution in [0.5, 0.6) is 0 Å². The average molecular weight is 487 g/mol. The van der Waals surface area contributed by atoms with Gasteiger partial charge in [0.2, 0.25) is 5.95 Å². The maximum atomic E-state index is 13.0. The highest BCUT2D eigenvalue weighted by atomic mass is 32.1. The maximum absolute atomic E-state index is 13.0. The van der Waals surface area contributed by atoms with Crippen molar-refractivity contribution in [2.24, 2.45) is 0 Å². The van der Waals surface area contributed by atoms with E-state index in [0.29, 0.717) is 11.7 Å². The van der Waals surface area contributed by atoms with Crippen molar-refractivity contribution in [3.8, 4) is 21.0 Å². The van der Waals surface area contributed by atoms with Gasteiger partial charge in [-0.2, -0.15) is 18.3 Å². The number of hydrogen-bond donors (Lipinski definition) is 1. The van der Waals surface area contributed by atoms with Crippen LogP contribution in [0.25, 0.3) is 21.0 Å². The van der Waals surface area contributed by atoms with Crippen molar-refractivity contribution >= 4 is 23.0 Å². The molecule has 4 heterocycles. The SMILES string of the molecule is Cc1cc(Nc2nccc(C(F)(F)F)n2)cc(-c2cnc(-c3cnn(C4CCOCC4)c3)s2)c1. The summed E-state index contributed by atoms with van der Waals surface area (Å²) >= 11 is 1.53. The Kier molecular flexibility index (Phi) is 6.05. The van der Waals surface area contributed by atoms with E-state index in [-0.39, 0.29) is 5.95 Å². The van der Waals surface area contributed by atoms with Crippen LogP contribution >= 0.6 is 11.3 Å². The highest BCUT2D eigenvalue weighted by molar-refractivity contribution is 7.18. The van der Waals surface area contributed by atoms with Crippen LogP contribution in [-0.4, -0.2) is 37.9 Å². The largest absolute Gasteiger partial charge is 0.433 e. The summed E-state index contributed by atoms with van der Waals surface area (Å²) in [5, 5.41) is 8.26. The van der Waals surface area contributed by atoms with Gasteiger partial charge in [0.1, 0.15) is 10.7 Å². The van der Waals surface area contributed by atoms with Crippen molar-refractivity contribution in [3.63, 3.8) is 0 Å². The third-order valence-electron chi connectivity index (χ3n) is 5.48. The monoisotopic (exact) mass is 486 g/mol. The Bertz CT molecular complexity index is 1300. The van der Waals surface area contributed by atoms with E-state index in [4.69, 9.17) is 4.74 Å². The number of nitrogens with zero attached hydrogens (tertiary/aromatic N) is 5. The number of aromatic nitrogens is 5. The van der Waals surface area contributed by atoms with Gasteiger partial charge in [0, 0.05) is 43.1 Å². The van der Waals surface area contributed by atoms with Crippen LogP contribution in [0.2, 0.25) is 0 Å². The van der Waals surface area contributed by atoms with E-state index in [9.17, 15) is 13.2 Å². The van der Waals surface area contributed by atoms with Gasteiger partial charge < -0.3 is 10.1 Å². The van der Waals surface area contributed by atoms with Gasteiger partial charge in [-0.3, -0.25) is 4.68 Å². The van der Waals surface area contributed by atoms with Crippen molar-refractivity contribution in [2.75, 3.05) is 18.5 Å². The number of anilines is 2. The molecule has 0 radical (unpaired) electrons. The Labute approximate surface area is 197 Å². The van der Waals surface area contributed by atoms with Gasteiger partial charge in [-0.05, 0) is 49.1 Å². The van der Waals surface area contributed by atoms with Gasteiger partial charge >= 0.3 is 6.18 Å². The molecule has 0 saturated carbocycles. The van der Waals surface area contributed by atoms with Gasteiger partial charge in [0.25, 0.3) is 0 Å². The van der Waals surface area contributed by atoms with Crippen LogP contribution in [0, 0.1) is 6.92 Å². The predicted octanol–water partition coefficient (Wildman–Crippen LogP) is 5.89. The smallest absolute Gasteiger partial charge is 0.381 e. The van der Waals surface area contributed by atoms with Gasteiger partial charge in [-0.25, -0.2) is 15.0 Å². The lowest BCUT2D eigenvalue weighted by Crippen LogP contribution is -2.19. The molecule has 0 atom stereocenters. The number of alkyl halides is 3. The third kappa shape index (κ3) is 4.95. The first-order chi connectivity index (χ1) is 16.3. The number of nitrogens with one attached hydrogen (secondary N) is 1. The number of benzene rings is 1. The Morgan fingerprint density at radius 2 is 1.91 bits per heavy atom. The van der Waals surface area contributed by atoms with Crippen LogP contribution in [0.4, 0.5) is 24.8 Å². The summed E-state index contributed by atoms with van der Waals surface area (Å²) in [4.78, 5) is 13.0. The van der Waals surface area contributed by atoms with E-state index in [1.54, 1.807) is 6.20 Å². The zero-order valence-electron chi connectivity index (χ0n) is 18.2. The Morgan fingerprint density at radius 3 is 2.71 bits per heavy atom. The number of aryl methyl sites for hydroxylation is 1. The molecule has 0 unspecified atom stereocenters. The molecule has 0 aliphatic carbocycles. The Morgan fingerprint density at radius 1 is 1.09 bits per heavy atom. The van der Waals surface area contributed by atoms with Gasteiger partial charge in [-0.15, -0.1) is 11.3 Å². The van der Waals surface area contributed by atoms with Gasteiger partial charge in [-0.1, -0.05) is 6.07 Å². The maximum Gasteiger partial charge on any atom is 0.433 e. The van der Waals surface area contributed by atoms with Crippen molar-refractivity contribution in [1.29, 1.82) is 0 Å². The van der Waals surface area contributed by atoms with Crippen LogP contribution in [-0.2, 0) is 10.9 Å². The van der Waals surface area contributed by atoms with Crippen LogP contribution < -0.4 is 5.32 Å². The van der Waals surface area contributed by atoms with Crippen molar-refractivity contribution in [3.05, 3.63) is 60.3 Å². The minimum Gasteiger partial charge on any atom is -0.381 e. The first-order valence-electron chi connectivity index (χ1n) is 10.7. The molecule has 3 aromatic heterocycles. The minimum atomic E-state index is -4.53. The standard InChI is InChI=1S/C23H21F3N6OS/c1-14-8-15(10-17(9-14)30-22-27-5-2-20(31-22)23(24,25)26)19-12-28-21(34-19)16-11-29-32(13-16)18-3-6-33-7-4-18/h2,5,8-13,18H,3-4,6-7H2,1H3,(H,27,30,31). The van der Waals surface area contributed by atoms with Crippen molar-refractivity contribution in [2.45, 2.75) is 32.0 Å². The molecule has 1 fully saturated rings. The zero-order chi connectivity index (χ0) is 23.7. The lowest BCUT2D eigenvalue weighted by molar-refractivity contribution is -0.141. The quantitative estimate of drug-likeness (QED) is 0.379. The molecule has 1 saturated heterocycles. The van der Waals surface area contributed by atoms with Crippen LogP contribution in [0.1, 0.15) is 30.1 Å². The van der Waals surface area contributed by atoms with Gasteiger partial charge in [0.05, 0.1) is 17.1 Å². The molecule has 1 aliphatic heterocycles.